The molecule has 2 fully saturated rings. The van der Waals surface area contributed by atoms with Crippen molar-refractivity contribution in [2.75, 3.05) is 32.0 Å². The van der Waals surface area contributed by atoms with E-state index in [9.17, 15) is 4.79 Å². The molecule has 0 aromatic heterocycles. The van der Waals surface area contributed by atoms with Crippen molar-refractivity contribution in [3.8, 4) is 0 Å². The molecule has 4 nitrogen and oxygen atoms in total. The summed E-state index contributed by atoms with van der Waals surface area (Å²) in [6, 6.07) is 0. The van der Waals surface area contributed by atoms with Crippen molar-refractivity contribution in [2.45, 2.75) is 24.2 Å². The van der Waals surface area contributed by atoms with Gasteiger partial charge in [0.25, 0.3) is 5.91 Å². The maximum Gasteiger partial charge on any atom is 0.250 e. The molecule has 1 amide bonds. The van der Waals surface area contributed by atoms with Crippen molar-refractivity contribution in [3.63, 3.8) is 0 Å². The average Bonchev–Trinajstić information content (AvgIpc) is 2.80. The number of carbonyl (C=O) groups excluding carboxylic acids is 1. The Kier molecular flexibility index (Phi) is 4.29. The van der Waals surface area contributed by atoms with Crippen LogP contribution in [0.4, 0.5) is 0 Å². The summed E-state index contributed by atoms with van der Waals surface area (Å²) in [5, 5.41) is 6.74. The van der Waals surface area contributed by atoms with Crippen LogP contribution in [-0.4, -0.2) is 49.3 Å². The molecule has 86 valence electrons. The molecule has 1 unspecified atom stereocenters. The first-order chi connectivity index (χ1) is 7.36. The van der Waals surface area contributed by atoms with Gasteiger partial charge in [-0.25, -0.2) is 0 Å². The standard InChI is InChI=1S/C10H18N2O2S/c13-10(9-7-11-3-4-14-9)12-6-8-2-1-5-15-8/h8-9,11H,1-7H2,(H,12,13)/t8?,9-/m0/s1. The second-order valence-electron chi connectivity index (χ2n) is 3.94. The Morgan fingerprint density at radius 1 is 1.60 bits per heavy atom. The fourth-order valence-corrected chi connectivity index (χ4v) is 3.07. The third kappa shape index (κ3) is 3.36. The van der Waals surface area contributed by atoms with Gasteiger partial charge in [-0.1, -0.05) is 0 Å². The van der Waals surface area contributed by atoms with E-state index in [1.807, 2.05) is 11.8 Å². The Balaban J connectivity index is 1.66. The largest absolute Gasteiger partial charge is 0.366 e. The molecule has 0 aromatic carbocycles. The number of thioether (sulfide) groups is 1. The van der Waals surface area contributed by atoms with Gasteiger partial charge in [-0.15, -0.1) is 0 Å². The predicted octanol–water partition coefficient (Wildman–Crippen LogP) is -0.0134. The smallest absolute Gasteiger partial charge is 0.250 e. The van der Waals surface area contributed by atoms with Gasteiger partial charge in [-0.05, 0) is 18.6 Å². The number of ether oxygens (including phenoxy) is 1. The molecule has 2 aliphatic rings. The third-order valence-corrected chi connectivity index (χ3v) is 4.15. The van der Waals surface area contributed by atoms with E-state index in [-0.39, 0.29) is 12.0 Å². The van der Waals surface area contributed by atoms with Crippen LogP contribution in [0.25, 0.3) is 0 Å². The maximum atomic E-state index is 11.7. The van der Waals surface area contributed by atoms with E-state index in [1.54, 1.807) is 0 Å². The zero-order valence-electron chi connectivity index (χ0n) is 8.83. The summed E-state index contributed by atoms with van der Waals surface area (Å²) < 4.78 is 5.37. The molecule has 2 N–H and O–H groups in total. The summed E-state index contributed by atoms with van der Waals surface area (Å²) in [5.41, 5.74) is 0. The quantitative estimate of drug-likeness (QED) is 0.716. The van der Waals surface area contributed by atoms with Crippen LogP contribution in [0.3, 0.4) is 0 Å². The van der Waals surface area contributed by atoms with E-state index in [0.29, 0.717) is 18.4 Å². The molecule has 0 bridgehead atoms. The Morgan fingerprint density at radius 2 is 2.53 bits per heavy atom. The number of hydrogen-bond donors (Lipinski definition) is 2. The predicted molar refractivity (Wildman–Crippen MR) is 61.1 cm³/mol. The number of nitrogens with one attached hydrogen (secondary N) is 2. The Labute approximate surface area is 94.5 Å². The van der Waals surface area contributed by atoms with E-state index >= 15 is 0 Å². The molecule has 15 heavy (non-hydrogen) atoms. The van der Waals surface area contributed by atoms with Crippen LogP contribution in [0, 0.1) is 0 Å². The number of carbonyl (C=O) groups is 1. The number of morpholine rings is 1. The first kappa shape index (κ1) is 11.2. The fourth-order valence-electron chi connectivity index (χ4n) is 1.87. The monoisotopic (exact) mass is 230 g/mol. The Hall–Kier alpha value is -0.260. The average molecular weight is 230 g/mol. The molecule has 2 aliphatic heterocycles. The highest BCUT2D eigenvalue weighted by Crippen LogP contribution is 2.25. The van der Waals surface area contributed by atoms with Gasteiger partial charge in [-0.3, -0.25) is 4.79 Å². The Bertz CT molecular complexity index is 213. The molecule has 2 rings (SSSR count). The van der Waals surface area contributed by atoms with Crippen LogP contribution in [0.2, 0.25) is 0 Å². The zero-order chi connectivity index (χ0) is 10.5. The van der Waals surface area contributed by atoms with Gasteiger partial charge >= 0.3 is 0 Å². The molecule has 2 heterocycles. The van der Waals surface area contributed by atoms with Crippen molar-refractivity contribution < 1.29 is 9.53 Å². The lowest BCUT2D eigenvalue weighted by Gasteiger charge is -2.23. The van der Waals surface area contributed by atoms with Gasteiger partial charge in [-0.2, -0.15) is 11.8 Å². The molecular weight excluding hydrogens is 212 g/mol. The molecular formula is C10H18N2O2S. The van der Waals surface area contributed by atoms with E-state index in [4.69, 9.17) is 4.74 Å². The minimum absolute atomic E-state index is 0.0368. The van der Waals surface area contributed by atoms with Gasteiger partial charge in [0.1, 0.15) is 6.10 Å². The molecule has 0 aromatic rings. The lowest BCUT2D eigenvalue weighted by Crippen LogP contribution is -2.48. The van der Waals surface area contributed by atoms with Crippen molar-refractivity contribution in [1.82, 2.24) is 10.6 Å². The Morgan fingerprint density at radius 3 is 3.20 bits per heavy atom. The molecule has 2 saturated heterocycles. The summed E-state index contributed by atoms with van der Waals surface area (Å²) in [6.45, 7) is 2.92. The highest BCUT2D eigenvalue weighted by atomic mass is 32.2. The van der Waals surface area contributed by atoms with E-state index in [2.05, 4.69) is 10.6 Å². The van der Waals surface area contributed by atoms with Crippen LogP contribution in [-0.2, 0) is 9.53 Å². The van der Waals surface area contributed by atoms with Crippen molar-refractivity contribution >= 4 is 17.7 Å². The van der Waals surface area contributed by atoms with Crippen molar-refractivity contribution in [3.05, 3.63) is 0 Å². The van der Waals surface area contributed by atoms with Gasteiger partial charge in [0, 0.05) is 24.9 Å². The molecule has 0 radical (unpaired) electrons. The first-order valence-electron chi connectivity index (χ1n) is 5.58. The molecule has 0 aliphatic carbocycles. The summed E-state index contributed by atoms with van der Waals surface area (Å²) in [7, 11) is 0. The fraction of sp³-hybridized carbons (Fsp3) is 0.900. The second-order valence-corrected chi connectivity index (χ2v) is 5.35. The summed E-state index contributed by atoms with van der Waals surface area (Å²) in [4.78, 5) is 11.7. The summed E-state index contributed by atoms with van der Waals surface area (Å²) >= 11 is 1.96. The van der Waals surface area contributed by atoms with Crippen LogP contribution in [0.1, 0.15) is 12.8 Å². The van der Waals surface area contributed by atoms with Crippen molar-refractivity contribution in [1.29, 1.82) is 0 Å². The SMILES string of the molecule is O=C(NCC1CCCS1)[C@@H]1CNCCO1. The summed E-state index contributed by atoms with van der Waals surface area (Å²) in [6.07, 6.45) is 2.23. The van der Waals surface area contributed by atoms with Gasteiger partial charge in [0.2, 0.25) is 0 Å². The molecule has 0 spiro atoms. The molecule has 2 atom stereocenters. The lowest BCUT2D eigenvalue weighted by molar-refractivity contribution is -0.134. The topological polar surface area (TPSA) is 50.4 Å². The van der Waals surface area contributed by atoms with Gasteiger partial charge in [0.05, 0.1) is 6.61 Å². The summed E-state index contributed by atoms with van der Waals surface area (Å²) in [5.74, 6) is 1.27. The lowest BCUT2D eigenvalue weighted by atomic mass is 10.2. The van der Waals surface area contributed by atoms with Crippen LogP contribution >= 0.6 is 11.8 Å². The molecule has 5 heteroatoms. The number of amides is 1. The molecule has 0 saturated carbocycles. The number of hydrogen-bond acceptors (Lipinski definition) is 4. The van der Waals surface area contributed by atoms with E-state index < -0.39 is 0 Å². The van der Waals surface area contributed by atoms with Gasteiger partial charge in [0.15, 0.2) is 0 Å². The van der Waals surface area contributed by atoms with Crippen LogP contribution < -0.4 is 10.6 Å². The highest BCUT2D eigenvalue weighted by molar-refractivity contribution is 8.00. The van der Waals surface area contributed by atoms with Gasteiger partial charge < -0.3 is 15.4 Å². The normalized spacial score (nSPS) is 31.5. The minimum Gasteiger partial charge on any atom is -0.366 e. The zero-order valence-corrected chi connectivity index (χ0v) is 9.65. The van der Waals surface area contributed by atoms with E-state index in [0.717, 1.165) is 13.1 Å². The van der Waals surface area contributed by atoms with Crippen molar-refractivity contribution in [2.24, 2.45) is 0 Å². The highest BCUT2D eigenvalue weighted by Gasteiger charge is 2.23. The van der Waals surface area contributed by atoms with Crippen LogP contribution in [0.15, 0.2) is 0 Å². The minimum atomic E-state index is -0.287. The maximum absolute atomic E-state index is 11.7. The number of rotatable bonds is 3. The first-order valence-corrected chi connectivity index (χ1v) is 6.63. The third-order valence-electron chi connectivity index (χ3n) is 2.75. The van der Waals surface area contributed by atoms with Crippen LogP contribution in [0.5, 0.6) is 0 Å². The van der Waals surface area contributed by atoms with E-state index in [1.165, 1.54) is 18.6 Å². The second kappa shape index (κ2) is 5.72.